The van der Waals surface area contributed by atoms with Gasteiger partial charge in [0.05, 0.1) is 11.5 Å². The topological polar surface area (TPSA) is 93.2 Å². The van der Waals surface area contributed by atoms with Gasteiger partial charge < -0.3 is 25.1 Å². The lowest BCUT2D eigenvalue weighted by Gasteiger charge is -2.62. The predicted octanol–water partition coefficient (Wildman–Crippen LogP) is 5.83. The summed E-state index contributed by atoms with van der Waals surface area (Å²) in [7, 11) is 6.16. The summed E-state index contributed by atoms with van der Waals surface area (Å²) < 4.78 is 0. The largest absolute Gasteiger partial charge is 0.391 e. The molecule has 8 rings (SSSR count). The van der Waals surface area contributed by atoms with Gasteiger partial charge in [-0.3, -0.25) is 14.4 Å². The molecule has 4 bridgehead atoms. The standard InChI is InChI=1S/C40H65ClN4O4/c1-43(2)25-39-18-27-14-28(19-39)21-40(20-27,24-39)38(49)45-23-32(46)17-35(45)36(47)42-34(16-26-12-13-29-8-4-5-9-30(29)15-26)37(48)44(3)22-31-10-6-7-11-33(31)41/h26-35,46H,4-25H2,1-3H3,(H,42,47)/t26?,27?,28?,29?,30?,31?,32-,33?,34?,35?,39?,40?/m1/s1. The molecule has 7 saturated carbocycles. The number of likely N-dealkylation sites (tertiary alicyclic amines) is 1. The van der Waals surface area contributed by atoms with Crippen LogP contribution in [0.5, 0.6) is 0 Å². The van der Waals surface area contributed by atoms with Crippen molar-refractivity contribution in [3.63, 3.8) is 0 Å². The number of aliphatic hydroxyl groups excluding tert-OH is 1. The lowest BCUT2D eigenvalue weighted by Crippen LogP contribution is -2.62. The molecule has 8 aliphatic rings. The van der Waals surface area contributed by atoms with E-state index >= 15 is 0 Å². The fraction of sp³-hybridized carbons (Fsp3) is 0.925. The minimum absolute atomic E-state index is 0.0308. The first kappa shape index (κ1) is 36.0. The molecule has 0 aromatic rings. The van der Waals surface area contributed by atoms with Crippen LogP contribution < -0.4 is 5.32 Å². The maximum absolute atomic E-state index is 14.8. The summed E-state index contributed by atoms with van der Waals surface area (Å²) in [4.78, 5) is 49.3. The number of nitrogens with one attached hydrogen (secondary N) is 1. The molecule has 1 heterocycles. The third-order valence-electron chi connectivity index (χ3n) is 14.7. The fourth-order valence-corrected chi connectivity index (χ4v) is 13.6. The van der Waals surface area contributed by atoms with E-state index in [1.807, 2.05) is 11.9 Å². The molecule has 8 fully saturated rings. The van der Waals surface area contributed by atoms with Crippen molar-refractivity contribution in [3.8, 4) is 0 Å². The van der Waals surface area contributed by atoms with Gasteiger partial charge in [0, 0.05) is 38.5 Å². The van der Waals surface area contributed by atoms with E-state index < -0.39 is 23.6 Å². The van der Waals surface area contributed by atoms with Crippen LogP contribution in [-0.4, -0.2) is 102 Å². The molecule has 8 nitrogen and oxygen atoms in total. The molecule has 0 aromatic heterocycles. The second-order valence-electron chi connectivity index (χ2n) is 18.9. The number of alkyl halides is 1. The molecule has 9 unspecified atom stereocenters. The van der Waals surface area contributed by atoms with E-state index in [1.165, 1.54) is 51.4 Å². The fourth-order valence-electron chi connectivity index (χ4n) is 13.2. The quantitative estimate of drug-likeness (QED) is 0.280. The number of aliphatic hydroxyl groups is 1. The van der Waals surface area contributed by atoms with Crippen LogP contribution in [0.25, 0.3) is 0 Å². The summed E-state index contributed by atoms with van der Waals surface area (Å²) in [6.45, 7) is 1.83. The van der Waals surface area contributed by atoms with E-state index in [1.54, 1.807) is 4.90 Å². The minimum Gasteiger partial charge on any atom is -0.391 e. The highest BCUT2D eigenvalue weighted by Gasteiger charge is 2.62. The molecule has 1 aliphatic heterocycles. The van der Waals surface area contributed by atoms with Gasteiger partial charge in [-0.15, -0.1) is 11.6 Å². The van der Waals surface area contributed by atoms with Crippen LogP contribution in [0.2, 0.25) is 0 Å². The Bertz CT molecular complexity index is 1210. The summed E-state index contributed by atoms with van der Waals surface area (Å²) in [6, 6.07) is -1.36. The van der Waals surface area contributed by atoms with Crippen LogP contribution in [0, 0.1) is 46.3 Å². The Morgan fingerprint density at radius 3 is 2.29 bits per heavy atom. The highest BCUT2D eigenvalue weighted by molar-refractivity contribution is 6.20. The molecule has 9 heteroatoms. The summed E-state index contributed by atoms with van der Waals surface area (Å²) >= 11 is 6.74. The van der Waals surface area contributed by atoms with Crippen LogP contribution in [0.1, 0.15) is 122 Å². The highest BCUT2D eigenvalue weighted by atomic mass is 35.5. The maximum Gasteiger partial charge on any atom is 0.244 e. The smallest absolute Gasteiger partial charge is 0.244 e. The lowest BCUT2D eigenvalue weighted by molar-refractivity contribution is -0.171. The number of nitrogens with zero attached hydrogens (tertiary/aromatic N) is 3. The number of carbonyl (C=O) groups excluding carboxylic acids is 3. The minimum atomic E-state index is -0.736. The number of carbonyl (C=O) groups is 3. The van der Waals surface area contributed by atoms with E-state index in [2.05, 4.69) is 24.3 Å². The van der Waals surface area contributed by atoms with E-state index in [-0.39, 0.29) is 47.4 Å². The van der Waals surface area contributed by atoms with Crippen molar-refractivity contribution in [1.29, 1.82) is 0 Å². The Labute approximate surface area is 300 Å². The van der Waals surface area contributed by atoms with Crippen LogP contribution in [0.15, 0.2) is 0 Å². The maximum atomic E-state index is 14.8. The van der Waals surface area contributed by atoms with Crippen LogP contribution in [0.4, 0.5) is 0 Å². The number of hydrogen-bond acceptors (Lipinski definition) is 5. The van der Waals surface area contributed by atoms with Gasteiger partial charge in [0.2, 0.25) is 17.7 Å². The number of hydrogen-bond donors (Lipinski definition) is 2. The van der Waals surface area contributed by atoms with Crippen LogP contribution >= 0.6 is 11.6 Å². The van der Waals surface area contributed by atoms with Crippen molar-refractivity contribution in [1.82, 2.24) is 20.0 Å². The highest BCUT2D eigenvalue weighted by Crippen LogP contribution is 2.66. The summed E-state index contributed by atoms with van der Waals surface area (Å²) in [5.74, 6) is 3.17. The molecular weight excluding hydrogens is 636 g/mol. The molecular formula is C40H65ClN4O4. The van der Waals surface area contributed by atoms with Crippen molar-refractivity contribution in [2.24, 2.45) is 46.3 Å². The third-order valence-corrected chi connectivity index (χ3v) is 15.2. The van der Waals surface area contributed by atoms with E-state index in [0.717, 1.165) is 76.2 Å². The summed E-state index contributed by atoms with van der Waals surface area (Å²) in [5, 5.41) is 14.3. The third kappa shape index (κ3) is 7.59. The van der Waals surface area contributed by atoms with Crippen LogP contribution in [-0.2, 0) is 14.4 Å². The molecule has 7 aliphatic carbocycles. The van der Waals surface area contributed by atoms with Crippen molar-refractivity contribution >= 4 is 29.3 Å². The van der Waals surface area contributed by atoms with Gasteiger partial charge in [-0.1, -0.05) is 44.9 Å². The van der Waals surface area contributed by atoms with Crippen LogP contribution in [0.3, 0.4) is 0 Å². The molecule has 1 saturated heterocycles. The Morgan fingerprint density at radius 2 is 1.57 bits per heavy atom. The zero-order chi connectivity index (χ0) is 34.5. The Morgan fingerprint density at radius 1 is 0.878 bits per heavy atom. The van der Waals surface area contributed by atoms with Gasteiger partial charge in [0.15, 0.2) is 0 Å². The van der Waals surface area contributed by atoms with Gasteiger partial charge in [-0.25, -0.2) is 0 Å². The second kappa shape index (κ2) is 14.6. The summed E-state index contributed by atoms with van der Waals surface area (Å²) in [5.41, 5.74) is -0.270. The molecule has 0 aromatic carbocycles. The first-order valence-electron chi connectivity index (χ1n) is 20.3. The van der Waals surface area contributed by atoms with E-state index in [4.69, 9.17) is 11.6 Å². The number of halogens is 1. The van der Waals surface area contributed by atoms with E-state index in [9.17, 15) is 19.5 Å². The van der Waals surface area contributed by atoms with Gasteiger partial charge >= 0.3 is 0 Å². The molecule has 2 N–H and O–H groups in total. The van der Waals surface area contributed by atoms with Gasteiger partial charge in [-0.05, 0) is 126 Å². The monoisotopic (exact) mass is 700 g/mol. The molecule has 49 heavy (non-hydrogen) atoms. The van der Waals surface area contributed by atoms with Crippen molar-refractivity contribution in [3.05, 3.63) is 0 Å². The molecule has 0 radical (unpaired) electrons. The average Bonchev–Trinajstić information content (AvgIpc) is 3.45. The molecule has 276 valence electrons. The van der Waals surface area contributed by atoms with Gasteiger partial charge in [-0.2, -0.15) is 0 Å². The molecule has 3 amide bonds. The Kier molecular flexibility index (Phi) is 10.7. The number of rotatable bonds is 10. The first-order valence-corrected chi connectivity index (χ1v) is 20.7. The predicted molar refractivity (Wildman–Crippen MR) is 193 cm³/mol. The molecule has 0 spiro atoms. The number of likely N-dealkylation sites (N-methyl/N-ethyl adjacent to an activating group) is 1. The van der Waals surface area contributed by atoms with Crippen molar-refractivity contribution in [2.45, 2.75) is 146 Å². The number of amides is 3. The Balaban J connectivity index is 1.08. The first-order chi connectivity index (χ1) is 23.4. The Hall–Kier alpha value is -1.38. The van der Waals surface area contributed by atoms with Gasteiger partial charge in [0.1, 0.15) is 12.1 Å². The van der Waals surface area contributed by atoms with E-state index in [0.29, 0.717) is 30.7 Å². The zero-order valence-electron chi connectivity index (χ0n) is 30.7. The number of β-amino-alcohol motifs (C(OH)–C–C–N with tert-alkyl or cyclic N) is 1. The van der Waals surface area contributed by atoms with Crippen molar-refractivity contribution in [2.75, 3.05) is 40.8 Å². The van der Waals surface area contributed by atoms with Gasteiger partial charge in [0.25, 0.3) is 0 Å². The lowest BCUT2D eigenvalue weighted by atomic mass is 9.43. The average molecular weight is 701 g/mol. The SMILES string of the molecule is CN(C)CC12CC3CC(C1)CC(C(=O)N1C[C@H](O)CC1C(=O)NC(CC1CCC4CCCCC4C1)C(=O)N(C)CC1CCCCC1Cl)(C3)C2. The molecule has 10 atom stereocenters. The normalized spacial score (nSPS) is 42.2. The second-order valence-corrected chi connectivity index (χ2v) is 19.5. The number of fused-ring (bicyclic) bond motifs is 1. The summed E-state index contributed by atoms with van der Waals surface area (Å²) in [6.07, 6.45) is 19.6. The van der Waals surface area contributed by atoms with Crippen molar-refractivity contribution < 1.29 is 19.5 Å². The zero-order valence-corrected chi connectivity index (χ0v) is 31.5.